The van der Waals surface area contributed by atoms with Gasteiger partial charge in [-0.25, -0.2) is 0 Å². The summed E-state index contributed by atoms with van der Waals surface area (Å²) in [6, 6.07) is 0. The van der Waals surface area contributed by atoms with E-state index in [1.807, 2.05) is 6.92 Å². The fourth-order valence-corrected chi connectivity index (χ4v) is 2.58. The van der Waals surface area contributed by atoms with Gasteiger partial charge in [0.15, 0.2) is 11.8 Å². The number of hydrogen-bond donors (Lipinski definition) is 3. The van der Waals surface area contributed by atoms with Gasteiger partial charge in [0.2, 0.25) is 5.89 Å². The number of halogens is 1. The molecule has 0 fully saturated rings. The summed E-state index contributed by atoms with van der Waals surface area (Å²) in [5, 5.41) is 19.6. The van der Waals surface area contributed by atoms with Gasteiger partial charge in [0.1, 0.15) is 0 Å². The first-order chi connectivity index (χ1) is 11.5. The third kappa shape index (κ3) is 11.4. The summed E-state index contributed by atoms with van der Waals surface area (Å²) in [5.74, 6) is 3.21. The van der Waals surface area contributed by atoms with E-state index in [0.717, 1.165) is 51.3 Å². The maximum Gasteiger partial charge on any atom is 0.226 e. The molecule has 0 aliphatic heterocycles. The van der Waals surface area contributed by atoms with Crippen molar-refractivity contribution in [1.29, 1.82) is 0 Å². The van der Waals surface area contributed by atoms with Crippen LogP contribution in [0.4, 0.5) is 0 Å². The van der Waals surface area contributed by atoms with Crippen molar-refractivity contribution < 1.29 is 9.63 Å². The Morgan fingerprint density at radius 3 is 2.64 bits per heavy atom. The first-order valence-corrected chi connectivity index (χ1v) is 8.97. The first kappa shape index (κ1) is 24.1. The molecule has 1 heterocycles. The maximum absolute atomic E-state index is 9.20. The van der Waals surface area contributed by atoms with Crippen molar-refractivity contribution in [3.05, 3.63) is 11.7 Å². The highest BCUT2D eigenvalue weighted by Gasteiger charge is 2.10. The van der Waals surface area contributed by atoms with Crippen LogP contribution < -0.4 is 10.6 Å². The minimum atomic E-state index is 0. The Labute approximate surface area is 168 Å². The van der Waals surface area contributed by atoms with Crippen molar-refractivity contribution in [2.45, 2.75) is 53.4 Å². The van der Waals surface area contributed by atoms with Crippen LogP contribution in [0.25, 0.3) is 0 Å². The lowest BCUT2D eigenvalue weighted by Crippen LogP contribution is -2.38. The lowest BCUT2D eigenvalue weighted by Gasteiger charge is -2.17. The van der Waals surface area contributed by atoms with Crippen LogP contribution in [0, 0.1) is 18.8 Å². The van der Waals surface area contributed by atoms with Crippen molar-refractivity contribution in [3.8, 4) is 0 Å². The van der Waals surface area contributed by atoms with Crippen LogP contribution >= 0.6 is 24.0 Å². The molecule has 25 heavy (non-hydrogen) atoms. The fourth-order valence-electron chi connectivity index (χ4n) is 2.58. The number of nitrogens with one attached hydrogen (secondary N) is 2. The predicted molar refractivity (Wildman–Crippen MR) is 111 cm³/mol. The first-order valence-electron chi connectivity index (χ1n) is 8.97. The monoisotopic (exact) mass is 467 g/mol. The molecule has 146 valence electrons. The van der Waals surface area contributed by atoms with Gasteiger partial charge >= 0.3 is 0 Å². The van der Waals surface area contributed by atoms with Gasteiger partial charge in [-0.1, -0.05) is 19.0 Å². The molecule has 1 atom stereocenters. The van der Waals surface area contributed by atoms with Gasteiger partial charge in [0.05, 0.1) is 0 Å². The van der Waals surface area contributed by atoms with E-state index in [-0.39, 0.29) is 30.6 Å². The van der Waals surface area contributed by atoms with E-state index in [1.165, 1.54) is 0 Å². The molecule has 0 radical (unpaired) electrons. The van der Waals surface area contributed by atoms with Gasteiger partial charge in [-0.05, 0) is 44.9 Å². The Morgan fingerprint density at radius 2 is 2.08 bits per heavy atom. The standard InChI is InChI=1S/C17H33N5O2.HI/c1-5-18-17(20-12-15(8-10-23)11-13(2)3)19-9-6-7-16-21-14(4)22-24-16;/h13,15,23H,5-12H2,1-4H3,(H2,18,19,20);1H. The van der Waals surface area contributed by atoms with Crippen molar-refractivity contribution in [3.63, 3.8) is 0 Å². The molecule has 0 aliphatic carbocycles. The van der Waals surface area contributed by atoms with E-state index in [9.17, 15) is 5.11 Å². The van der Waals surface area contributed by atoms with Crippen molar-refractivity contribution in [1.82, 2.24) is 20.8 Å². The van der Waals surface area contributed by atoms with Gasteiger partial charge in [-0.3, -0.25) is 4.99 Å². The van der Waals surface area contributed by atoms with E-state index in [1.54, 1.807) is 0 Å². The SMILES string of the molecule is CCNC(=NCC(CCO)CC(C)C)NCCCc1nc(C)no1.I. The number of aliphatic imine (C=N–C) groups is 1. The molecule has 0 amide bonds. The Bertz CT molecular complexity index is 479. The summed E-state index contributed by atoms with van der Waals surface area (Å²) in [6.07, 6.45) is 3.55. The minimum absolute atomic E-state index is 0. The summed E-state index contributed by atoms with van der Waals surface area (Å²) >= 11 is 0. The quantitative estimate of drug-likeness (QED) is 0.200. The molecule has 0 spiro atoms. The van der Waals surface area contributed by atoms with Crippen molar-refractivity contribution >= 4 is 29.9 Å². The largest absolute Gasteiger partial charge is 0.396 e. The lowest BCUT2D eigenvalue weighted by molar-refractivity contribution is 0.245. The molecular formula is C17H34IN5O2. The summed E-state index contributed by atoms with van der Waals surface area (Å²) in [6.45, 7) is 10.9. The van der Waals surface area contributed by atoms with Crippen molar-refractivity contribution in [2.75, 3.05) is 26.2 Å². The molecule has 8 heteroatoms. The molecule has 1 aromatic rings. The minimum Gasteiger partial charge on any atom is -0.396 e. The number of nitrogens with zero attached hydrogens (tertiary/aromatic N) is 3. The number of aliphatic hydroxyl groups excluding tert-OH is 1. The number of rotatable bonds is 11. The molecule has 1 rings (SSSR count). The van der Waals surface area contributed by atoms with Gasteiger partial charge in [-0.2, -0.15) is 4.98 Å². The highest BCUT2D eigenvalue weighted by molar-refractivity contribution is 14.0. The van der Waals surface area contributed by atoms with E-state index >= 15 is 0 Å². The van der Waals surface area contributed by atoms with Gasteiger partial charge in [-0.15, -0.1) is 24.0 Å². The predicted octanol–water partition coefficient (Wildman–Crippen LogP) is 2.53. The molecule has 0 bridgehead atoms. The lowest BCUT2D eigenvalue weighted by atomic mass is 9.94. The molecule has 7 nitrogen and oxygen atoms in total. The Morgan fingerprint density at radius 1 is 1.32 bits per heavy atom. The summed E-state index contributed by atoms with van der Waals surface area (Å²) < 4.78 is 5.10. The zero-order chi connectivity index (χ0) is 17.8. The van der Waals surface area contributed by atoms with Crippen LogP contribution in [0.3, 0.4) is 0 Å². The zero-order valence-corrected chi connectivity index (χ0v) is 18.2. The average Bonchev–Trinajstić information content (AvgIpc) is 2.94. The highest BCUT2D eigenvalue weighted by Crippen LogP contribution is 2.15. The third-order valence-corrected chi connectivity index (χ3v) is 3.62. The van der Waals surface area contributed by atoms with Crippen molar-refractivity contribution in [2.24, 2.45) is 16.8 Å². The summed E-state index contributed by atoms with van der Waals surface area (Å²) in [7, 11) is 0. The van der Waals surface area contributed by atoms with Crippen LogP contribution in [0.2, 0.25) is 0 Å². The number of guanidine groups is 1. The molecule has 1 unspecified atom stereocenters. The molecule has 1 aromatic heterocycles. The Balaban J connectivity index is 0.00000576. The molecule has 0 aliphatic rings. The molecule has 0 saturated heterocycles. The molecule has 3 N–H and O–H groups in total. The second-order valence-electron chi connectivity index (χ2n) is 6.49. The van der Waals surface area contributed by atoms with Gasteiger partial charge < -0.3 is 20.3 Å². The second kappa shape index (κ2) is 14.3. The number of aliphatic hydroxyl groups is 1. The van der Waals surface area contributed by atoms with E-state index in [0.29, 0.717) is 23.6 Å². The maximum atomic E-state index is 9.20. The summed E-state index contributed by atoms with van der Waals surface area (Å²) in [5.41, 5.74) is 0. The van der Waals surface area contributed by atoms with E-state index < -0.39 is 0 Å². The van der Waals surface area contributed by atoms with Gasteiger partial charge in [0, 0.05) is 32.7 Å². The van der Waals surface area contributed by atoms with Crippen LogP contribution in [0.1, 0.15) is 51.7 Å². The van der Waals surface area contributed by atoms with E-state index in [4.69, 9.17) is 4.52 Å². The van der Waals surface area contributed by atoms with Gasteiger partial charge in [0.25, 0.3) is 0 Å². The smallest absolute Gasteiger partial charge is 0.226 e. The summed E-state index contributed by atoms with van der Waals surface area (Å²) in [4.78, 5) is 8.86. The second-order valence-corrected chi connectivity index (χ2v) is 6.49. The average molecular weight is 467 g/mol. The zero-order valence-electron chi connectivity index (χ0n) is 15.9. The number of hydrogen-bond acceptors (Lipinski definition) is 5. The molecule has 0 aromatic carbocycles. The number of aromatic nitrogens is 2. The fraction of sp³-hybridized carbons (Fsp3) is 0.824. The molecule has 0 saturated carbocycles. The topological polar surface area (TPSA) is 95.6 Å². The Kier molecular flexibility index (Phi) is 13.8. The number of aryl methyl sites for hydroxylation is 2. The third-order valence-electron chi connectivity index (χ3n) is 3.62. The van der Waals surface area contributed by atoms with Crippen LogP contribution in [0.15, 0.2) is 9.52 Å². The Hall–Kier alpha value is -0.900. The van der Waals surface area contributed by atoms with E-state index in [2.05, 4.69) is 46.5 Å². The van der Waals surface area contributed by atoms with Crippen LogP contribution in [-0.2, 0) is 6.42 Å². The molecular weight excluding hydrogens is 433 g/mol. The normalized spacial score (nSPS) is 12.8. The highest BCUT2D eigenvalue weighted by atomic mass is 127. The van der Waals surface area contributed by atoms with Crippen LogP contribution in [0.5, 0.6) is 0 Å². The van der Waals surface area contributed by atoms with Crippen LogP contribution in [-0.4, -0.2) is 47.4 Å².